The normalized spacial score (nSPS) is 14.9. The molecule has 3 rings (SSSR count). The van der Waals surface area contributed by atoms with Crippen LogP contribution in [0.5, 0.6) is 17.2 Å². The lowest BCUT2D eigenvalue weighted by atomic mass is 9.89. The molecule has 0 bridgehead atoms. The number of nitrogens with zero attached hydrogens (tertiary/aromatic N) is 1. The largest absolute Gasteiger partial charge is 0.497 e. The molecule has 0 saturated carbocycles. The summed E-state index contributed by atoms with van der Waals surface area (Å²) in [5.74, 6) is 1.09. The van der Waals surface area contributed by atoms with Crippen LogP contribution in [0, 0.1) is 10.1 Å². The van der Waals surface area contributed by atoms with Crippen molar-refractivity contribution < 1.29 is 24.2 Å². The highest BCUT2D eigenvalue weighted by Gasteiger charge is 2.29. The Kier molecular flexibility index (Phi) is 4.52. The highest BCUT2D eigenvalue weighted by atomic mass is 16.7. The maximum atomic E-state index is 11.1. The van der Waals surface area contributed by atoms with E-state index in [1.165, 1.54) is 0 Å². The fraction of sp³-hybridized carbons (Fsp3) is 0.294. The van der Waals surface area contributed by atoms with E-state index in [-0.39, 0.29) is 13.3 Å². The van der Waals surface area contributed by atoms with Crippen molar-refractivity contribution in [1.29, 1.82) is 0 Å². The van der Waals surface area contributed by atoms with Gasteiger partial charge in [0.2, 0.25) is 13.3 Å². The van der Waals surface area contributed by atoms with E-state index in [4.69, 9.17) is 14.2 Å². The van der Waals surface area contributed by atoms with Crippen LogP contribution in [0.4, 0.5) is 0 Å². The first-order valence-corrected chi connectivity index (χ1v) is 7.42. The Morgan fingerprint density at radius 3 is 2.50 bits per heavy atom. The summed E-state index contributed by atoms with van der Waals surface area (Å²) in [4.78, 5) is 10.6. The van der Waals surface area contributed by atoms with Crippen LogP contribution in [0.1, 0.15) is 23.1 Å². The highest BCUT2D eigenvalue weighted by Crippen LogP contribution is 2.38. The van der Waals surface area contributed by atoms with Crippen molar-refractivity contribution in [2.45, 2.75) is 12.0 Å². The van der Waals surface area contributed by atoms with Crippen molar-refractivity contribution in [3.8, 4) is 17.2 Å². The average Bonchev–Trinajstić information content (AvgIpc) is 3.06. The quantitative estimate of drug-likeness (QED) is 0.646. The number of benzene rings is 2. The monoisotopic (exact) mass is 331 g/mol. The van der Waals surface area contributed by atoms with Gasteiger partial charge >= 0.3 is 0 Å². The lowest BCUT2D eigenvalue weighted by Crippen LogP contribution is -2.20. The van der Waals surface area contributed by atoms with Crippen molar-refractivity contribution in [2.75, 3.05) is 20.4 Å². The summed E-state index contributed by atoms with van der Waals surface area (Å²) in [6.45, 7) is -0.256. The zero-order chi connectivity index (χ0) is 17.1. The third-order valence-corrected chi connectivity index (χ3v) is 4.01. The lowest BCUT2D eigenvalue weighted by molar-refractivity contribution is -0.485. The molecular formula is C17H17NO6. The first-order valence-electron chi connectivity index (χ1n) is 7.42. The van der Waals surface area contributed by atoms with Crippen molar-refractivity contribution >= 4 is 0 Å². The van der Waals surface area contributed by atoms with Crippen LogP contribution >= 0.6 is 0 Å². The van der Waals surface area contributed by atoms with Crippen LogP contribution in [-0.2, 0) is 0 Å². The molecule has 1 heterocycles. The Morgan fingerprint density at radius 1 is 1.17 bits per heavy atom. The van der Waals surface area contributed by atoms with E-state index in [0.717, 1.165) is 0 Å². The maximum absolute atomic E-state index is 11.1. The van der Waals surface area contributed by atoms with Gasteiger partial charge in [0.15, 0.2) is 11.5 Å². The zero-order valence-electron chi connectivity index (χ0n) is 13.0. The smallest absolute Gasteiger partial charge is 0.231 e. The first kappa shape index (κ1) is 16.1. The molecule has 0 aromatic heterocycles. The van der Waals surface area contributed by atoms with E-state index in [9.17, 15) is 15.2 Å². The summed E-state index contributed by atoms with van der Waals surface area (Å²) in [5.41, 5.74) is 1.21. The van der Waals surface area contributed by atoms with Gasteiger partial charge in [0.1, 0.15) is 5.75 Å². The number of aliphatic hydroxyl groups is 1. The van der Waals surface area contributed by atoms with Gasteiger partial charge in [-0.15, -0.1) is 0 Å². The van der Waals surface area contributed by atoms with Crippen LogP contribution in [-0.4, -0.2) is 30.5 Å². The standard InChI is InChI=1S/C17H17NO6/c1-22-13-5-2-11(3-6-13)14(9-18(20)21)17(19)12-4-7-15-16(8-12)24-10-23-15/h2-8,14,17,19H,9-10H2,1H3. The van der Waals surface area contributed by atoms with E-state index in [2.05, 4.69) is 0 Å². The van der Waals surface area contributed by atoms with Crippen molar-refractivity contribution in [3.05, 3.63) is 63.7 Å². The topological polar surface area (TPSA) is 91.1 Å². The second-order valence-electron chi connectivity index (χ2n) is 5.45. The second-order valence-corrected chi connectivity index (χ2v) is 5.45. The van der Waals surface area contributed by atoms with Crippen LogP contribution in [0.25, 0.3) is 0 Å². The number of hydrogen-bond donors (Lipinski definition) is 1. The van der Waals surface area contributed by atoms with Gasteiger partial charge in [-0.25, -0.2) is 0 Å². The SMILES string of the molecule is COc1ccc(C(C[N+](=O)[O-])C(O)c2ccc3c(c2)OCO3)cc1. The van der Waals surface area contributed by atoms with Crippen molar-refractivity contribution in [2.24, 2.45) is 0 Å². The highest BCUT2D eigenvalue weighted by molar-refractivity contribution is 5.45. The summed E-state index contributed by atoms with van der Waals surface area (Å²) >= 11 is 0. The summed E-state index contributed by atoms with van der Waals surface area (Å²) in [7, 11) is 1.55. The number of rotatable bonds is 6. The second kappa shape index (κ2) is 6.76. The van der Waals surface area contributed by atoms with Crippen LogP contribution in [0.15, 0.2) is 42.5 Å². The minimum Gasteiger partial charge on any atom is -0.497 e. The van der Waals surface area contributed by atoms with Gasteiger partial charge in [-0.1, -0.05) is 18.2 Å². The Labute approximate surface area is 138 Å². The van der Waals surface area contributed by atoms with Gasteiger partial charge in [-0.2, -0.15) is 0 Å². The van der Waals surface area contributed by atoms with Crippen LogP contribution < -0.4 is 14.2 Å². The van der Waals surface area contributed by atoms with Gasteiger partial charge < -0.3 is 19.3 Å². The van der Waals surface area contributed by atoms with Gasteiger partial charge in [0.05, 0.1) is 19.1 Å². The first-order chi connectivity index (χ1) is 11.6. The molecular weight excluding hydrogens is 314 g/mol. The molecule has 24 heavy (non-hydrogen) atoms. The van der Waals surface area contributed by atoms with E-state index < -0.39 is 16.9 Å². The number of nitro groups is 1. The van der Waals surface area contributed by atoms with Crippen molar-refractivity contribution in [3.63, 3.8) is 0 Å². The van der Waals surface area contributed by atoms with Crippen molar-refractivity contribution in [1.82, 2.24) is 0 Å². The average molecular weight is 331 g/mol. The molecule has 0 aliphatic carbocycles. The molecule has 1 N–H and O–H groups in total. The number of aliphatic hydroxyl groups excluding tert-OH is 1. The molecule has 2 unspecified atom stereocenters. The van der Waals surface area contributed by atoms with E-state index >= 15 is 0 Å². The molecule has 0 radical (unpaired) electrons. The Balaban J connectivity index is 1.90. The molecule has 1 aliphatic heterocycles. The lowest BCUT2D eigenvalue weighted by Gasteiger charge is -2.21. The van der Waals surface area contributed by atoms with Gasteiger partial charge in [0.25, 0.3) is 0 Å². The summed E-state index contributed by atoms with van der Waals surface area (Å²) in [5, 5.41) is 21.8. The fourth-order valence-electron chi connectivity index (χ4n) is 2.73. The molecule has 1 aliphatic rings. The molecule has 0 amide bonds. The molecule has 2 aromatic carbocycles. The zero-order valence-corrected chi connectivity index (χ0v) is 13.0. The van der Waals surface area contributed by atoms with Gasteiger partial charge in [-0.3, -0.25) is 10.1 Å². The molecule has 2 atom stereocenters. The van der Waals surface area contributed by atoms with Crippen LogP contribution in [0.3, 0.4) is 0 Å². The Bertz CT molecular complexity index is 730. The predicted molar refractivity (Wildman–Crippen MR) is 85.1 cm³/mol. The van der Waals surface area contributed by atoms with Gasteiger partial charge in [-0.05, 0) is 35.4 Å². The number of methoxy groups -OCH3 is 1. The molecule has 0 fully saturated rings. The third-order valence-electron chi connectivity index (χ3n) is 4.01. The summed E-state index contributed by atoms with van der Waals surface area (Å²) in [6.07, 6.45) is -1.04. The number of fused-ring (bicyclic) bond motifs is 1. The minimum absolute atomic E-state index is 0.131. The Morgan fingerprint density at radius 2 is 1.83 bits per heavy atom. The van der Waals surface area contributed by atoms with E-state index in [1.807, 2.05) is 0 Å². The molecule has 0 saturated heterocycles. The van der Waals surface area contributed by atoms with Gasteiger partial charge in [0, 0.05) is 4.92 Å². The maximum Gasteiger partial charge on any atom is 0.231 e. The molecule has 126 valence electrons. The molecule has 7 heteroatoms. The fourth-order valence-corrected chi connectivity index (χ4v) is 2.73. The number of ether oxygens (including phenoxy) is 3. The molecule has 0 spiro atoms. The third kappa shape index (κ3) is 3.26. The van der Waals surface area contributed by atoms with E-state index in [1.54, 1.807) is 49.6 Å². The molecule has 2 aromatic rings. The van der Waals surface area contributed by atoms with E-state index in [0.29, 0.717) is 28.4 Å². The predicted octanol–water partition coefficient (Wildman–Crippen LogP) is 2.52. The Hall–Kier alpha value is -2.80. The number of hydrogen-bond acceptors (Lipinski definition) is 6. The summed E-state index contributed by atoms with van der Waals surface area (Å²) < 4.78 is 15.6. The van der Waals surface area contributed by atoms with Crippen LogP contribution in [0.2, 0.25) is 0 Å². The minimum atomic E-state index is -1.04. The summed E-state index contributed by atoms with van der Waals surface area (Å²) in [6, 6.07) is 11.9. The molecule has 7 nitrogen and oxygen atoms in total.